The van der Waals surface area contributed by atoms with Crippen LogP contribution in [0.1, 0.15) is 38.3 Å². The summed E-state index contributed by atoms with van der Waals surface area (Å²) in [6, 6.07) is 3.35. The zero-order valence-corrected chi connectivity index (χ0v) is 14.8. The number of methoxy groups -OCH3 is 1. The lowest BCUT2D eigenvalue weighted by atomic mass is 9.86. The molecule has 0 aromatic heterocycles. The van der Waals surface area contributed by atoms with Gasteiger partial charge in [-0.15, -0.1) is 0 Å². The second-order valence-electron chi connectivity index (χ2n) is 6.00. The monoisotopic (exact) mass is 334 g/mol. The molecule has 0 spiro atoms. The van der Waals surface area contributed by atoms with Gasteiger partial charge >= 0.3 is 0 Å². The second kappa shape index (κ2) is 6.99. The van der Waals surface area contributed by atoms with Crippen LogP contribution in [0.25, 0.3) is 0 Å². The fourth-order valence-corrected chi connectivity index (χ4v) is 3.22. The molecule has 21 heavy (non-hydrogen) atoms. The Kier molecular flexibility index (Phi) is 6.08. The Hall–Kier alpha value is -0.780. The number of benzene rings is 1. The molecule has 0 radical (unpaired) electrons. The summed E-state index contributed by atoms with van der Waals surface area (Å²) in [5, 5.41) is 0. The highest BCUT2D eigenvalue weighted by Crippen LogP contribution is 2.36. The molecule has 0 unspecified atom stereocenters. The van der Waals surface area contributed by atoms with Crippen LogP contribution in [0.15, 0.2) is 17.0 Å². The van der Waals surface area contributed by atoms with Crippen LogP contribution in [0.3, 0.4) is 0 Å². The van der Waals surface area contributed by atoms with Gasteiger partial charge in [0.05, 0.1) is 11.5 Å². The van der Waals surface area contributed by atoms with Gasteiger partial charge in [-0.05, 0) is 30.0 Å². The van der Waals surface area contributed by atoms with Gasteiger partial charge in [-0.25, -0.2) is 8.42 Å². The van der Waals surface area contributed by atoms with Crippen LogP contribution in [0.2, 0.25) is 0 Å². The molecular formula is C15H23ClO4S. The minimum atomic E-state index is -3.77. The summed E-state index contributed by atoms with van der Waals surface area (Å²) in [7, 11) is 3.38. The molecule has 1 aromatic carbocycles. The van der Waals surface area contributed by atoms with E-state index < -0.39 is 9.05 Å². The Morgan fingerprint density at radius 2 is 1.81 bits per heavy atom. The average molecular weight is 335 g/mol. The van der Waals surface area contributed by atoms with Crippen molar-refractivity contribution in [3.05, 3.63) is 23.3 Å². The summed E-state index contributed by atoms with van der Waals surface area (Å²) in [4.78, 5) is 0.137. The molecule has 0 aliphatic rings. The van der Waals surface area contributed by atoms with Gasteiger partial charge in [0.2, 0.25) is 0 Å². The lowest BCUT2D eigenvalue weighted by Crippen LogP contribution is -2.15. The van der Waals surface area contributed by atoms with Crippen molar-refractivity contribution in [2.24, 2.45) is 0 Å². The molecule has 1 rings (SSSR count). The first-order valence-corrected chi connectivity index (χ1v) is 9.10. The van der Waals surface area contributed by atoms with Crippen LogP contribution in [-0.2, 0) is 19.2 Å². The number of halogens is 1. The maximum atomic E-state index is 11.7. The number of hydrogen-bond donors (Lipinski definition) is 0. The van der Waals surface area contributed by atoms with Gasteiger partial charge in [0.1, 0.15) is 5.75 Å². The summed E-state index contributed by atoms with van der Waals surface area (Å²) >= 11 is 0. The van der Waals surface area contributed by atoms with E-state index in [1.165, 1.54) is 0 Å². The maximum Gasteiger partial charge on any atom is 0.261 e. The highest BCUT2D eigenvalue weighted by Gasteiger charge is 2.24. The maximum absolute atomic E-state index is 11.7. The molecule has 0 heterocycles. The molecule has 0 amide bonds. The van der Waals surface area contributed by atoms with E-state index in [9.17, 15) is 8.42 Å². The molecule has 6 heteroatoms. The number of aryl methyl sites for hydroxylation is 1. The lowest BCUT2D eigenvalue weighted by molar-refractivity contribution is 0.171. The quantitative estimate of drug-likeness (QED) is 0.588. The van der Waals surface area contributed by atoms with Crippen LogP contribution in [-0.4, -0.2) is 28.7 Å². The molecule has 0 atom stereocenters. The van der Waals surface area contributed by atoms with Gasteiger partial charge in [-0.3, -0.25) is 0 Å². The molecule has 1 aromatic rings. The number of ether oxygens (including phenoxy) is 2. The molecule has 4 nitrogen and oxygen atoms in total. The van der Waals surface area contributed by atoms with Crippen LogP contribution in [0.4, 0.5) is 0 Å². The van der Waals surface area contributed by atoms with E-state index >= 15 is 0 Å². The highest BCUT2D eigenvalue weighted by atomic mass is 35.7. The SMILES string of the molecule is COCCCOc1cc(C)c(S(=O)(=O)Cl)cc1C(C)(C)C. The van der Waals surface area contributed by atoms with Crippen molar-refractivity contribution in [1.29, 1.82) is 0 Å². The van der Waals surface area contributed by atoms with Gasteiger partial charge in [-0.2, -0.15) is 0 Å². The Bertz CT molecular complexity index is 588. The van der Waals surface area contributed by atoms with Crippen molar-refractivity contribution in [3.63, 3.8) is 0 Å². The van der Waals surface area contributed by atoms with Gasteiger partial charge in [0, 0.05) is 36.4 Å². The van der Waals surface area contributed by atoms with E-state index in [2.05, 4.69) is 0 Å². The minimum absolute atomic E-state index is 0.137. The van der Waals surface area contributed by atoms with Crippen molar-refractivity contribution in [1.82, 2.24) is 0 Å². The van der Waals surface area contributed by atoms with Crippen LogP contribution >= 0.6 is 10.7 Å². The standard InChI is InChI=1S/C15H23ClO4S/c1-11-9-13(20-8-6-7-19-5)12(15(2,3)4)10-14(11)21(16,17)18/h9-10H,6-8H2,1-5H3. The van der Waals surface area contributed by atoms with Crippen molar-refractivity contribution in [3.8, 4) is 5.75 Å². The highest BCUT2D eigenvalue weighted by molar-refractivity contribution is 8.13. The second-order valence-corrected chi connectivity index (χ2v) is 8.53. The largest absolute Gasteiger partial charge is 0.493 e. The Balaban J connectivity index is 3.21. The van der Waals surface area contributed by atoms with Crippen molar-refractivity contribution < 1.29 is 17.9 Å². The van der Waals surface area contributed by atoms with E-state index in [0.717, 1.165) is 12.0 Å². The first-order chi connectivity index (χ1) is 9.57. The summed E-state index contributed by atoms with van der Waals surface area (Å²) in [5.41, 5.74) is 1.16. The molecular weight excluding hydrogens is 312 g/mol. The molecule has 0 N–H and O–H groups in total. The summed E-state index contributed by atoms with van der Waals surface area (Å²) in [6.45, 7) is 8.87. The van der Waals surface area contributed by atoms with Gasteiger partial charge in [-0.1, -0.05) is 20.8 Å². The summed E-state index contributed by atoms with van der Waals surface area (Å²) in [6.07, 6.45) is 0.773. The van der Waals surface area contributed by atoms with E-state index in [4.69, 9.17) is 20.2 Å². The third-order valence-corrected chi connectivity index (χ3v) is 4.56. The Morgan fingerprint density at radius 1 is 1.19 bits per heavy atom. The fourth-order valence-electron chi connectivity index (χ4n) is 2.02. The van der Waals surface area contributed by atoms with Crippen LogP contribution in [0, 0.1) is 6.92 Å². The summed E-state index contributed by atoms with van der Waals surface area (Å²) in [5.74, 6) is 0.695. The van der Waals surface area contributed by atoms with Gasteiger partial charge in [0.25, 0.3) is 9.05 Å². The molecule has 0 fully saturated rings. The first-order valence-electron chi connectivity index (χ1n) is 6.79. The van der Waals surface area contributed by atoms with Crippen LogP contribution < -0.4 is 4.74 Å². The van der Waals surface area contributed by atoms with Crippen molar-refractivity contribution in [2.75, 3.05) is 20.3 Å². The molecule has 0 aliphatic heterocycles. The fraction of sp³-hybridized carbons (Fsp3) is 0.600. The zero-order chi connectivity index (χ0) is 16.3. The third-order valence-electron chi connectivity index (χ3n) is 3.10. The smallest absolute Gasteiger partial charge is 0.261 e. The van der Waals surface area contributed by atoms with E-state index in [-0.39, 0.29) is 10.3 Å². The molecule has 120 valence electrons. The molecule has 0 aliphatic carbocycles. The Morgan fingerprint density at radius 3 is 2.29 bits per heavy atom. The van der Waals surface area contributed by atoms with Crippen LogP contribution in [0.5, 0.6) is 5.75 Å². The third kappa shape index (κ3) is 5.16. The van der Waals surface area contributed by atoms with E-state index in [1.54, 1.807) is 26.2 Å². The number of rotatable bonds is 6. The zero-order valence-electron chi connectivity index (χ0n) is 13.2. The van der Waals surface area contributed by atoms with E-state index in [0.29, 0.717) is 24.5 Å². The minimum Gasteiger partial charge on any atom is -0.493 e. The predicted molar refractivity (Wildman–Crippen MR) is 84.9 cm³/mol. The topological polar surface area (TPSA) is 52.6 Å². The first kappa shape index (κ1) is 18.3. The molecule has 0 saturated heterocycles. The summed E-state index contributed by atoms with van der Waals surface area (Å²) < 4.78 is 34.1. The normalized spacial score (nSPS) is 12.5. The number of hydrogen-bond acceptors (Lipinski definition) is 4. The average Bonchev–Trinajstić information content (AvgIpc) is 2.31. The van der Waals surface area contributed by atoms with Gasteiger partial charge < -0.3 is 9.47 Å². The van der Waals surface area contributed by atoms with Crippen molar-refractivity contribution in [2.45, 2.75) is 44.4 Å². The van der Waals surface area contributed by atoms with E-state index in [1.807, 2.05) is 20.8 Å². The molecule has 0 saturated carbocycles. The predicted octanol–water partition coefficient (Wildman–Crippen LogP) is 3.64. The Labute approximate surface area is 131 Å². The molecule has 0 bridgehead atoms. The van der Waals surface area contributed by atoms with Gasteiger partial charge in [0.15, 0.2) is 0 Å². The lowest BCUT2D eigenvalue weighted by Gasteiger charge is -2.24. The van der Waals surface area contributed by atoms with Crippen molar-refractivity contribution >= 4 is 19.7 Å².